The maximum absolute atomic E-state index is 5.54. The Labute approximate surface area is 115 Å². The van der Waals surface area contributed by atoms with E-state index in [0.717, 1.165) is 37.3 Å². The first-order valence-electron chi connectivity index (χ1n) is 7.15. The van der Waals surface area contributed by atoms with Crippen LogP contribution >= 0.6 is 0 Å². The van der Waals surface area contributed by atoms with Crippen LogP contribution in [0.3, 0.4) is 0 Å². The van der Waals surface area contributed by atoms with Gasteiger partial charge in [0.05, 0.1) is 11.4 Å². The molecule has 0 bridgehead atoms. The van der Waals surface area contributed by atoms with Gasteiger partial charge in [-0.05, 0) is 56.4 Å². The zero-order valence-corrected chi connectivity index (χ0v) is 11.7. The van der Waals surface area contributed by atoms with Gasteiger partial charge in [-0.15, -0.1) is 0 Å². The predicted molar refractivity (Wildman–Crippen MR) is 80.5 cm³/mol. The maximum atomic E-state index is 5.54. The first-order valence-corrected chi connectivity index (χ1v) is 7.15. The molecule has 1 atom stereocenters. The highest BCUT2D eigenvalue weighted by molar-refractivity contribution is 6.07. The zero-order valence-electron chi connectivity index (χ0n) is 11.7. The third-order valence-electron chi connectivity index (χ3n) is 3.51. The lowest BCUT2D eigenvalue weighted by atomic mass is 9.98. The Balaban J connectivity index is 1.98. The fraction of sp³-hybridized carbons (Fsp3) is 0.500. The molecule has 0 aliphatic carbocycles. The van der Waals surface area contributed by atoms with Crippen LogP contribution < -0.4 is 5.73 Å². The summed E-state index contributed by atoms with van der Waals surface area (Å²) in [6.45, 7) is 3.74. The largest absolute Gasteiger partial charge is 0.330 e. The summed E-state index contributed by atoms with van der Waals surface area (Å²) in [6, 6.07) is 4.13. The number of pyridine rings is 1. The minimum atomic E-state index is 0.637. The molecular formula is C16H23N3. The molecule has 2 heterocycles. The summed E-state index contributed by atoms with van der Waals surface area (Å²) in [6.07, 6.45) is 11.0. The van der Waals surface area contributed by atoms with Crippen LogP contribution in [-0.2, 0) is 0 Å². The average Bonchev–Trinajstić information content (AvgIpc) is 2.66. The SMILES string of the molecule is Cc1ccc(C2=NCCC(CCCCN)C=C2)nc1. The van der Waals surface area contributed by atoms with E-state index in [1.54, 1.807) is 0 Å². The molecule has 3 nitrogen and oxygen atoms in total. The molecule has 1 unspecified atom stereocenters. The van der Waals surface area contributed by atoms with E-state index in [2.05, 4.69) is 35.1 Å². The van der Waals surface area contributed by atoms with Gasteiger partial charge < -0.3 is 5.73 Å². The lowest BCUT2D eigenvalue weighted by Gasteiger charge is -2.08. The van der Waals surface area contributed by atoms with Crippen molar-refractivity contribution in [3.05, 3.63) is 41.7 Å². The Hall–Kier alpha value is -1.48. The van der Waals surface area contributed by atoms with E-state index in [1.807, 2.05) is 12.3 Å². The molecular weight excluding hydrogens is 234 g/mol. The van der Waals surface area contributed by atoms with Gasteiger partial charge in [0, 0.05) is 12.7 Å². The van der Waals surface area contributed by atoms with Crippen molar-refractivity contribution in [2.24, 2.45) is 16.6 Å². The summed E-state index contributed by atoms with van der Waals surface area (Å²) in [4.78, 5) is 9.09. The Morgan fingerprint density at radius 2 is 2.21 bits per heavy atom. The molecule has 0 saturated carbocycles. The molecule has 0 saturated heterocycles. The second kappa shape index (κ2) is 7.19. The van der Waals surface area contributed by atoms with E-state index in [9.17, 15) is 0 Å². The van der Waals surface area contributed by atoms with Crippen molar-refractivity contribution < 1.29 is 0 Å². The number of aromatic nitrogens is 1. The Bertz CT molecular complexity index is 446. The normalized spacial score (nSPS) is 19.1. The van der Waals surface area contributed by atoms with Crippen molar-refractivity contribution >= 4 is 5.71 Å². The van der Waals surface area contributed by atoms with Crippen LogP contribution in [0.4, 0.5) is 0 Å². The molecule has 0 amide bonds. The zero-order chi connectivity index (χ0) is 13.5. The van der Waals surface area contributed by atoms with Crippen LogP contribution in [0.2, 0.25) is 0 Å². The Kier molecular flexibility index (Phi) is 5.28. The molecule has 0 fully saturated rings. The van der Waals surface area contributed by atoms with E-state index in [0.29, 0.717) is 5.92 Å². The molecule has 1 aliphatic rings. The molecule has 102 valence electrons. The van der Waals surface area contributed by atoms with Crippen molar-refractivity contribution in [1.29, 1.82) is 0 Å². The second-order valence-corrected chi connectivity index (χ2v) is 5.18. The summed E-state index contributed by atoms with van der Waals surface area (Å²) in [5, 5.41) is 0. The topological polar surface area (TPSA) is 51.3 Å². The lowest BCUT2D eigenvalue weighted by Crippen LogP contribution is -2.02. The first kappa shape index (κ1) is 13.9. The highest BCUT2D eigenvalue weighted by atomic mass is 14.8. The van der Waals surface area contributed by atoms with Crippen LogP contribution in [0.1, 0.15) is 36.9 Å². The smallest absolute Gasteiger partial charge is 0.0881 e. The number of unbranched alkanes of at least 4 members (excludes halogenated alkanes) is 1. The number of rotatable bonds is 5. The summed E-state index contributed by atoms with van der Waals surface area (Å²) in [5.41, 5.74) is 8.71. The average molecular weight is 257 g/mol. The number of nitrogens with zero attached hydrogens (tertiary/aromatic N) is 2. The standard InChI is InChI=1S/C16H23N3/c1-13-5-7-16(19-12-13)15-8-6-14(9-11-18-15)4-2-3-10-17/h5-8,12,14H,2-4,9-11,17H2,1H3. The van der Waals surface area contributed by atoms with Gasteiger partial charge in [0.25, 0.3) is 0 Å². The van der Waals surface area contributed by atoms with Crippen LogP contribution in [-0.4, -0.2) is 23.8 Å². The van der Waals surface area contributed by atoms with E-state index in [1.165, 1.54) is 18.4 Å². The van der Waals surface area contributed by atoms with Gasteiger partial charge in [-0.1, -0.05) is 18.6 Å². The van der Waals surface area contributed by atoms with Crippen molar-refractivity contribution in [3.8, 4) is 0 Å². The van der Waals surface area contributed by atoms with Gasteiger partial charge in [0.1, 0.15) is 0 Å². The van der Waals surface area contributed by atoms with Gasteiger partial charge in [0.2, 0.25) is 0 Å². The maximum Gasteiger partial charge on any atom is 0.0881 e. The fourth-order valence-corrected chi connectivity index (χ4v) is 2.30. The minimum Gasteiger partial charge on any atom is -0.330 e. The van der Waals surface area contributed by atoms with E-state index in [-0.39, 0.29) is 0 Å². The van der Waals surface area contributed by atoms with Gasteiger partial charge in [0.15, 0.2) is 0 Å². The number of nitrogens with two attached hydrogens (primary N) is 1. The predicted octanol–water partition coefficient (Wildman–Crippen LogP) is 2.88. The van der Waals surface area contributed by atoms with Crippen LogP contribution in [0, 0.1) is 12.8 Å². The Morgan fingerprint density at radius 1 is 1.32 bits per heavy atom. The highest BCUT2D eigenvalue weighted by Gasteiger charge is 2.10. The van der Waals surface area contributed by atoms with Gasteiger partial charge in [-0.2, -0.15) is 0 Å². The number of hydrogen-bond donors (Lipinski definition) is 1. The molecule has 0 spiro atoms. The number of aryl methyl sites for hydroxylation is 1. The summed E-state index contributed by atoms with van der Waals surface area (Å²) in [7, 11) is 0. The number of aliphatic imine (C=N–C) groups is 1. The van der Waals surface area contributed by atoms with Crippen LogP contribution in [0.25, 0.3) is 0 Å². The minimum absolute atomic E-state index is 0.637. The molecule has 0 radical (unpaired) electrons. The van der Waals surface area contributed by atoms with Crippen LogP contribution in [0.5, 0.6) is 0 Å². The quantitative estimate of drug-likeness (QED) is 0.825. The summed E-state index contributed by atoms with van der Waals surface area (Å²) >= 11 is 0. The summed E-state index contributed by atoms with van der Waals surface area (Å²) in [5.74, 6) is 0.637. The molecule has 3 heteroatoms. The lowest BCUT2D eigenvalue weighted by molar-refractivity contribution is 0.521. The van der Waals surface area contributed by atoms with E-state index in [4.69, 9.17) is 5.73 Å². The van der Waals surface area contributed by atoms with Crippen molar-refractivity contribution in [3.63, 3.8) is 0 Å². The number of allylic oxidation sites excluding steroid dienone is 2. The molecule has 2 N–H and O–H groups in total. The second-order valence-electron chi connectivity index (χ2n) is 5.18. The molecule has 1 aromatic heterocycles. The van der Waals surface area contributed by atoms with Crippen molar-refractivity contribution in [2.45, 2.75) is 32.6 Å². The van der Waals surface area contributed by atoms with Crippen molar-refractivity contribution in [2.75, 3.05) is 13.1 Å². The van der Waals surface area contributed by atoms with Gasteiger partial charge in [-0.3, -0.25) is 9.98 Å². The molecule has 19 heavy (non-hydrogen) atoms. The third-order valence-corrected chi connectivity index (χ3v) is 3.51. The van der Waals surface area contributed by atoms with Gasteiger partial charge >= 0.3 is 0 Å². The molecule has 1 aromatic rings. The molecule has 0 aromatic carbocycles. The van der Waals surface area contributed by atoms with Crippen molar-refractivity contribution in [1.82, 2.24) is 4.98 Å². The monoisotopic (exact) mass is 257 g/mol. The van der Waals surface area contributed by atoms with Gasteiger partial charge in [-0.25, -0.2) is 0 Å². The molecule has 2 rings (SSSR count). The summed E-state index contributed by atoms with van der Waals surface area (Å²) < 4.78 is 0. The van der Waals surface area contributed by atoms with Crippen LogP contribution in [0.15, 0.2) is 35.5 Å². The van der Waals surface area contributed by atoms with E-state index >= 15 is 0 Å². The first-order chi connectivity index (χ1) is 9.29. The van der Waals surface area contributed by atoms with E-state index < -0.39 is 0 Å². The molecule has 1 aliphatic heterocycles. The Morgan fingerprint density at radius 3 is 2.95 bits per heavy atom. The number of hydrogen-bond acceptors (Lipinski definition) is 3. The third kappa shape index (κ3) is 4.28. The highest BCUT2D eigenvalue weighted by Crippen LogP contribution is 2.18. The fourth-order valence-electron chi connectivity index (χ4n) is 2.30.